The van der Waals surface area contributed by atoms with E-state index < -0.39 is 10.0 Å². The number of nitrogens with zero attached hydrogens (tertiary/aromatic N) is 1. The summed E-state index contributed by atoms with van der Waals surface area (Å²) in [5.41, 5.74) is 0.392. The lowest BCUT2D eigenvalue weighted by atomic mass is 9.69. The Morgan fingerprint density at radius 1 is 0.968 bits per heavy atom. The number of sulfonamides is 1. The molecule has 1 aromatic carbocycles. The summed E-state index contributed by atoms with van der Waals surface area (Å²) in [6, 6.07) is 6.48. The van der Waals surface area contributed by atoms with Crippen molar-refractivity contribution in [3.8, 4) is 0 Å². The fraction of sp³-hybridized carbons (Fsp3) is 0.667. The van der Waals surface area contributed by atoms with Gasteiger partial charge in [0.25, 0.3) is 0 Å². The second kappa shape index (κ2) is 9.41. The van der Waals surface area contributed by atoms with Crippen LogP contribution < -0.4 is 5.32 Å². The zero-order chi connectivity index (χ0) is 22.0. The van der Waals surface area contributed by atoms with Gasteiger partial charge >= 0.3 is 0 Å². The minimum absolute atomic E-state index is 0.0925. The molecule has 0 spiro atoms. The van der Waals surface area contributed by atoms with Crippen molar-refractivity contribution < 1.29 is 18.0 Å². The average Bonchev–Trinajstić information content (AvgIpc) is 2.79. The van der Waals surface area contributed by atoms with Crippen LogP contribution >= 0.6 is 0 Å². The number of hydrogen-bond acceptors (Lipinski definition) is 4. The van der Waals surface area contributed by atoms with E-state index in [1.807, 2.05) is 0 Å². The van der Waals surface area contributed by atoms with E-state index >= 15 is 0 Å². The number of rotatable bonds is 5. The van der Waals surface area contributed by atoms with Gasteiger partial charge in [0, 0.05) is 30.6 Å². The molecule has 0 radical (unpaired) electrons. The van der Waals surface area contributed by atoms with E-state index in [-0.39, 0.29) is 28.5 Å². The second-order valence-corrected chi connectivity index (χ2v) is 11.5. The molecule has 6 nitrogen and oxygen atoms in total. The first-order valence-corrected chi connectivity index (χ1v) is 13.2. The van der Waals surface area contributed by atoms with Crippen LogP contribution in [0.3, 0.4) is 0 Å². The monoisotopic (exact) mass is 446 g/mol. The fourth-order valence-electron chi connectivity index (χ4n) is 5.71. The van der Waals surface area contributed by atoms with Crippen LogP contribution in [0, 0.1) is 17.8 Å². The largest absolute Gasteiger partial charge is 0.353 e. The highest BCUT2D eigenvalue weighted by atomic mass is 32.2. The zero-order valence-electron chi connectivity index (χ0n) is 18.4. The molecule has 1 aliphatic heterocycles. The summed E-state index contributed by atoms with van der Waals surface area (Å²) < 4.78 is 27.5. The summed E-state index contributed by atoms with van der Waals surface area (Å²) in [4.78, 5) is 24.6. The van der Waals surface area contributed by atoms with Gasteiger partial charge in [0.05, 0.1) is 4.90 Å². The number of piperidine rings is 1. The van der Waals surface area contributed by atoms with Crippen molar-refractivity contribution in [1.82, 2.24) is 9.62 Å². The lowest BCUT2D eigenvalue weighted by molar-refractivity contribution is -0.127. The van der Waals surface area contributed by atoms with Gasteiger partial charge in [-0.1, -0.05) is 37.8 Å². The standard InChI is InChI=1S/C24H34N2O4S/c1-17(27)20-7-4-8-23(16-20)31(29,30)26-13-11-19(12-14-26)24(28)25-22-10-9-18-5-2-3-6-21(18)15-22/h4,7-8,16,18-19,21-22H,2-3,5-6,9-15H2,1H3,(H,25,28)/t18-,21+,22-/m1/s1. The number of benzene rings is 1. The molecule has 31 heavy (non-hydrogen) atoms. The van der Waals surface area contributed by atoms with E-state index in [0.29, 0.717) is 31.5 Å². The zero-order valence-corrected chi connectivity index (χ0v) is 19.2. The number of ketones is 1. The highest BCUT2D eigenvalue weighted by Gasteiger charge is 2.36. The molecule has 0 unspecified atom stereocenters. The summed E-state index contributed by atoms with van der Waals surface area (Å²) in [5, 5.41) is 3.28. The Kier molecular flexibility index (Phi) is 6.82. The quantitative estimate of drug-likeness (QED) is 0.698. The molecular weight excluding hydrogens is 412 g/mol. The lowest BCUT2D eigenvalue weighted by Crippen LogP contribution is -2.47. The molecule has 170 valence electrons. The van der Waals surface area contributed by atoms with Crippen LogP contribution in [0.4, 0.5) is 0 Å². The Hall–Kier alpha value is -1.73. The van der Waals surface area contributed by atoms with Crippen molar-refractivity contribution in [1.29, 1.82) is 0 Å². The van der Waals surface area contributed by atoms with Crippen molar-refractivity contribution in [2.24, 2.45) is 17.8 Å². The molecule has 0 aromatic heterocycles. The minimum Gasteiger partial charge on any atom is -0.353 e. The van der Waals surface area contributed by atoms with Gasteiger partial charge in [-0.25, -0.2) is 8.42 Å². The third kappa shape index (κ3) is 5.03. The topological polar surface area (TPSA) is 83.6 Å². The van der Waals surface area contributed by atoms with Crippen LogP contribution in [0.1, 0.15) is 75.1 Å². The number of nitrogens with one attached hydrogen (secondary N) is 1. The number of carbonyl (C=O) groups excluding carboxylic acids is 2. The van der Waals surface area contributed by atoms with E-state index in [1.165, 1.54) is 55.5 Å². The highest BCUT2D eigenvalue weighted by molar-refractivity contribution is 7.89. The number of amides is 1. The number of carbonyl (C=O) groups is 2. The summed E-state index contributed by atoms with van der Waals surface area (Å²) in [6.45, 7) is 2.09. The molecule has 1 saturated heterocycles. The van der Waals surface area contributed by atoms with Crippen molar-refractivity contribution in [3.63, 3.8) is 0 Å². The third-order valence-electron chi connectivity index (χ3n) is 7.59. The first-order valence-electron chi connectivity index (χ1n) is 11.8. The molecule has 7 heteroatoms. The van der Waals surface area contributed by atoms with Gasteiger partial charge < -0.3 is 5.32 Å². The van der Waals surface area contributed by atoms with Crippen LogP contribution in [0.5, 0.6) is 0 Å². The maximum Gasteiger partial charge on any atom is 0.243 e. The van der Waals surface area contributed by atoms with Crippen molar-refractivity contribution in [2.45, 2.75) is 75.6 Å². The Morgan fingerprint density at radius 3 is 2.39 bits per heavy atom. The molecule has 1 N–H and O–H groups in total. The van der Waals surface area contributed by atoms with E-state index in [0.717, 1.165) is 24.7 Å². The highest BCUT2D eigenvalue weighted by Crippen LogP contribution is 2.40. The van der Waals surface area contributed by atoms with Gasteiger partial charge in [-0.2, -0.15) is 4.31 Å². The average molecular weight is 447 g/mol. The van der Waals surface area contributed by atoms with Gasteiger partial charge in [-0.05, 0) is 63.0 Å². The second-order valence-electron chi connectivity index (χ2n) is 9.59. The SMILES string of the molecule is CC(=O)c1cccc(S(=O)(=O)N2CCC(C(=O)N[C@@H]3CC[C@H]4CCCC[C@H]4C3)CC2)c1. The maximum absolute atomic E-state index is 13.0. The van der Waals surface area contributed by atoms with Crippen molar-refractivity contribution in [3.05, 3.63) is 29.8 Å². The Balaban J connectivity index is 1.31. The van der Waals surface area contributed by atoms with Crippen molar-refractivity contribution >= 4 is 21.7 Å². The number of fused-ring (bicyclic) bond motifs is 1. The number of Topliss-reactive ketones (excluding diaryl/α,β-unsaturated/α-hetero) is 1. The maximum atomic E-state index is 13.0. The van der Waals surface area contributed by atoms with Gasteiger partial charge in [-0.3, -0.25) is 9.59 Å². The Bertz CT molecular complexity index is 921. The summed E-state index contributed by atoms with van der Waals surface area (Å²) in [5.74, 6) is 1.44. The summed E-state index contributed by atoms with van der Waals surface area (Å²) in [7, 11) is -3.66. The molecule has 1 heterocycles. The van der Waals surface area contributed by atoms with Gasteiger partial charge in [-0.15, -0.1) is 0 Å². The van der Waals surface area contributed by atoms with E-state index in [1.54, 1.807) is 12.1 Å². The molecule has 1 aromatic rings. The molecule has 3 aliphatic rings. The Labute approximate surface area is 185 Å². The molecular formula is C24H34N2O4S. The predicted octanol–water partition coefficient (Wildman–Crippen LogP) is 3.77. The molecule has 4 rings (SSSR count). The molecule has 1 amide bonds. The molecule has 2 saturated carbocycles. The third-order valence-corrected chi connectivity index (χ3v) is 9.48. The summed E-state index contributed by atoms with van der Waals surface area (Å²) >= 11 is 0. The first kappa shape index (κ1) is 22.5. The van der Waals surface area contributed by atoms with Gasteiger partial charge in [0.2, 0.25) is 15.9 Å². The number of hydrogen-bond donors (Lipinski definition) is 1. The predicted molar refractivity (Wildman–Crippen MR) is 119 cm³/mol. The van der Waals surface area contributed by atoms with Crippen LogP contribution in [0.2, 0.25) is 0 Å². The summed E-state index contributed by atoms with van der Waals surface area (Å²) in [6.07, 6.45) is 9.83. The van der Waals surface area contributed by atoms with Crippen LogP contribution in [0.15, 0.2) is 29.2 Å². The van der Waals surface area contributed by atoms with Crippen molar-refractivity contribution in [2.75, 3.05) is 13.1 Å². The van der Waals surface area contributed by atoms with Gasteiger partial charge in [0.15, 0.2) is 5.78 Å². The van der Waals surface area contributed by atoms with Gasteiger partial charge in [0.1, 0.15) is 0 Å². The van der Waals surface area contributed by atoms with E-state index in [9.17, 15) is 18.0 Å². The molecule has 0 bridgehead atoms. The smallest absolute Gasteiger partial charge is 0.243 e. The minimum atomic E-state index is -3.66. The van der Waals surface area contributed by atoms with E-state index in [4.69, 9.17) is 0 Å². The van der Waals surface area contributed by atoms with E-state index in [2.05, 4.69) is 5.32 Å². The van der Waals surface area contributed by atoms with Crippen LogP contribution in [-0.2, 0) is 14.8 Å². The Morgan fingerprint density at radius 2 is 1.68 bits per heavy atom. The van der Waals surface area contributed by atoms with Crippen LogP contribution in [-0.4, -0.2) is 43.5 Å². The van der Waals surface area contributed by atoms with Crippen LogP contribution in [0.25, 0.3) is 0 Å². The normalized spacial score (nSPS) is 28.0. The molecule has 3 fully saturated rings. The first-order chi connectivity index (χ1) is 14.8. The molecule has 3 atom stereocenters. The molecule has 2 aliphatic carbocycles. The fourth-order valence-corrected chi connectivity index (χ4v) is 7.22. The lowest BCUT2D eigenvalue weighted by Gasteiger charge is -2.40.